The van der Waals surface area contributed by atoms with Crippen molar-refractivity contribution in [2.75, 3.05) is 4.72 Å². The number of halogens is 1. The van der Waals surface area contributed by atoms with Gasteiger partial charge < -0.3 is 5.11 Å². The summed E-state index contributed by atoms with van der Waals surface area (Å²) in [5.41, 5.74) is 0.965. The Bertz CT molecular complexity index is 768. The number of anilines is 1. The van der Waals surface area contributed by atoms with Crippen LogP contribution in [0, 0.1) is 6.92 Å². The van der Waals surface area contributed by atoms with Gasteiger partial charge in [-0.05, 0) is 30.7 Å². The van der Waals surface area contributed by atoms with E-state index >= 15 is 0 Å². The molecule has 0 aliphatic carbocycles. The number of thiophene rings is 1. The molecule has 0 unspecified atom stereocenters. The summed E-state index contributed by atoms with van der Waals surface area (Å²) in [4.78, 5) is 10.7. The van der Waals surface area contributed by atoms with E-state index in [9.17, 15) is 13.2 Å². The second-order valence-electron chi connectivity index (χ2n) is 3.97. The van der Waals surface area contributed by atoms with Crippen LogP contribution in [-0.4, -0.2) is 19.5 Å². The summed E-state index contributed by atoms with van der Waals surface area (Å²) in [6.45, 7) is 1.69. The SMILES string of the molecule is Cc1c(Cl)cccc1NS(=O)(=O)c1csc(C(=O)O)c1. The molecule has 0 atom stereocenters. The van der Waals surface area contributed by atoms with Crippen LogP contribution in [0.2, 0.25) is 5.02 Å². The highest BCUT2D eigenvalue weighted by molar-refractivity contribution is 7.92. The van der Waals surface area contributed by atoms with Gasteiger partial charge in [0.2, 0.25) is 0 Å². The molecule has 0 spiro atoms. The van der Waals surface area contributed by atoms with Crippen LogP contribution in [0.4, 0.5) is 5.69 Å². The van der Waals surface area contributed by atoms with E-state index in [4.69, 9.17) is 16.7 Å². The van der Waals surface area contributed by atoms with Gasteiger partial charge in [-0.3, -0.25) is 4.72 Å². The van der Waals surface area contributed by atoms with Crippen LogP contribution in [-0.2, 0) is 10.0 Å². The highest BCUT2D eigenvalue weighted by Crippen LogP contribution is 2.27. The Morgan fingerprint density at radius 1 is 1.40 bits per heavy atom. The van der Waals surface area contributed by atoms with Gasteiger partial charge in [0.25, 0.3) is 10.0 Å². The monoisotopic (exact) mass is 331 g/mol. The summed E-state index contributed by atoms with van der Waals surface area (Å²) in [5, 5.41) is 10.5. The van der Waals surface area contributed by atoms with Crippen LogP contribution in [0.1, 0.15) is 15.2 Å². The van der Waals surface area contributed by atoms with E-state index in [1.807, 2.05) is 0 Å². The minimum atomic E-state index is -3.83. The number of hydrogen-bond acceptors (Lipinski definition) is 4. The molecule has 8 heteroatoms. The van der Waals surface area contributed by atoms with Gasteiger partial charge in [0.1, 0.15) is 4.88 Å². The molecule has 0 amide bonds. The molecule has 2 rings (SSSR count). The van der Waals surface area contributed by atoms with Crippen LogP contribution in [0.5, 0.6) is 0 Å². The van der Waals surface area contributed by atoms with E-state index in [1.54, 1.807) is 25.1 Å². The van der Waals surface area contributed by atoms with Crippen molar-refractivity contribution in [2.45, 2.75) is 11.8 Å². The molecule has 5 nitrogen and oxygen atoms in total. The lowest BCUT2D eigenvalue weighted by Gasteiger charge is -2.10. The number of carboxylic acids is 1. The number of carboxylic acid groups (broad SMARTS) is 1. The first kappa shape index (κ1) is 14.8. The van der Waals surface area contributed by atoms with Crippen molar-refractivity contribution in [2.24, 2.45) is 0 Å². The Labute approximate surface area is 124 Å². The second-order valence-corrected chi connectivity index (χ2v) is 6.97. The fraction of sp³-hybridized carbons (Fsp3) is 0.0833. The number of benzene rings is 1. The number of nitrogens with one attached hydrogen (secondary N) is 1. The molecule has 2 aromatic rings. The summed E-state index contributed by atoms with van der Waals surface area (Å²) in [6, 6.07) is 5.99. The normalized spacial score (nSPS) is 11.3. The first-order valence-electron chi connectivity index (χ1n) is 5.41. The third kappa shape index (κ3) is 2.95. The van der Waals surface area contributed by atoms with E-state index in [1.165, 1.54) is 5.38 Å². The van der Waals surface area contributed by atoms with Gasteiger partial charge in [-0.1, -0.05) is 17.7 Å². The minimum absolute atomic E-state index is 0.0341. The van der Waals surface area contributed by atoms with Gasteiger partial charge in [0.05, 0.1) is 10.6 Å². The van der Waals surface area contributed by atoms with Crippen molar-refractivity contribution in [3.8, 4) is 0 Å². The van der Waals surface area contributed by atoms with Crippen LogP contribution >= 0.6 is 22.9 Å². The fourth-order valence-corrected chi connectivity index (χ4v) is 3.90. The molecule has 2 N–H and O–H groups in total. The Balaban J connectivity index is 2.35. The van der Waals surface area contributed by atoms with Gasteiger partial charge in [0.15, 0.2) is 0 Å². The maximum Gasteiger partial charge on any atom is 0.345 e. The van der Waals surface area contributed by atoms with E-state index < -0.39 is 16.0 Å². The first-order chi connectivity index (χ1) is 9.31. The van der Waals surface area contributed by atoms with Crippen LogP contribution in [0.15, 0.2) is 34.5 Å². The van der Waals surface area contributed by atoms with Crippen LogP contribution in [0.25, 0.3) is 0 Å². The molecule has 1 aromatic heterocycles. The zero-order valence-corrected chi connectivity index (χ0v) is 12.6. The standard InChI is InChI=1S/C12H10ClNO4S2/c1-7-9(13)3-2-4-10(7)14-20(17,18)8-5-11(12(15)16)19-6-8/h2-6,14H,1H3,(H,15,16). The average Bonchev–Trinajstić information content (AvgIpc) is 2.85. The van der Waals surface area contributed by atoms with E-state index in [-0.39, 0.29) is 9.77 Å². The van der Waals surface area contributed by atoms with Gasteiger partial charge in [-0.2, -0.15) is 0 Å². The second kappa shape index (κ2) is 5.43. The summed E-state index contributed by atoms with van der Waals surface area (Å²) in [5.74, 6) is -1.16. The predicted molar refractivity (Wildman–Crippen MR) is 78.3 cm³/mol. The molecule has 0 aliphatic rings. The first-order valence-corrected chi connectivity index (χ1v) is 8.15. The third-order valence-electron chi connectivity index (χ3n) is 2.61. The number of rotatable bonds is 4. The predicted octanol–water partition coefficient (Wildman–Crippen LogP) is 3.21. The van der Waals surface area contributed by atoms with E-state index in [0.29, 0.717) is 16.3 Å². The van der Waals surface area contributed by atoms with Gasteiger partial charge in [-0.15, -0.1) is 11.3 Å². The van der Waals surface area contributed by atoms with Crippen molar-refractivity contribution in [1.82, 2.24) is 0 Å². The zero-order valence-electron chi connectivity index (χ0n) is 10.3. The molecule has 20 heavy (non-hydrogen) atoms. The lowest BCUT2D eigenvalue weighted by atomic mass is 10.2. The van der Waals surface area contributed by atoms with Crippen LogP contribution in [0.3, 0.4) is 0 Å². The van der Waals surface area contributed by atoms with Crippen LogP contribution < -0.4 is 4.72 Å². The molecular weight excluding hydrogens is 322 g/mol. The Hall–Kier alpha value is -1.57. The molecule has 0 radical (unpaired) electrons. The minimum Gasteiger partial charge on any atom is -0.477 e. The van der Waals surface area contributed by atoms with E-state index in [2.05, 4.69) is 4.72 Å². The lowest BCUT2D eigenvalue weighted by molar-refractivity contribution is 0.0702. The van der Waals surface area contributed by atoms with Crippen molar-refractivity contribution in [1.29, 1.82) is 0 Å². The molecule has 0 saturated carbocycles. The highest BCUT2D eigenvalue weighted by atomic mass is 35.5. The summed E-state index contributed by atoms with van der Waals surface area (Å²) in [6.07, 6.45) is 0. The largest absolute Gasteiger partial charge is 0.477 e. The summed E-state index contributed by atoms with van der Waals surface area (Å²) < 4.78 is 26.7. The maximum atomic E-state index is 12.2. The van der Waals surface area contributed by atoms with Gasteiger partial charge in [-0.25, -0.2) is 13.2 Å². The van der Waals surface area contributed by atoms with Crippen molar-refractivity contribution in [3.63, 3.8) is 0 Å². The smallest absolute Gasteiger partial charge is 0.345 e. The molecule has 1 heterocycles. The third-order valence-corrected chi connectivity index (χ3v) is 5.43. The topological polar surface area (TPSA) is 83.5 Å². The molecule has 0 fully saturated rings. The Kier molecular flexibility index (Phi) is 4.03. The summed E-state index contributed by atoms with van der Waals surface area (Å²) >= 11 is 6.78. The zero-order chi connectivity index (χ0) is 14.9. The van der Waals surface area contributed by atoms with Crippen molar-refractivity contribution < 1.29 is 18.3 Å². The van der Waals surface area contributed by atoms with Crippen molar-refractivity contribution >= 4 is 44.6 Å². The van der Waals surface area contributed by atoms with Gasteiger partial charge in [0, 0.05) is 10.4 Å². The quantitative estimate of drug-likeness (QED) is 0.901. The lowest BCUT2D eigenvalue weighted by Crippen LogP contribution is -2.13. The average molecular weight is 332 g/mol. The molecular formula is C12H10ClNO4S2. The molecule has 106 valence electrons. The molecule has 0 bridgehead atoms. The summed E-state index contributed by atoms with van der Waals surface area (Å²) in [7, 11) is -3.83. The van der Waals surface area contributed by atoms with Gasteiger partial charge >= 0.3 is 5.97 Å². The number of sulfonamides is 1. The Morgan fingerprint density at radius 3 is 2.70 bits per heavy atom. The van der Waals surface area contributed by atoms with E-state index in [0.717, 1.165) is 17.4 Å². The Morgan fingerprint density at radius 2 is 2.10 bits per heavy atom. The number of carbonyl (C=O) groups is 1. The number of hydrogen-bond donors (Lipinski definition) is 2. The fourth-order valence-electron chi connectivity index (χ4n) is 1.49. The number of aromatic carboxylic acids is 1. The highest BCUT2D eigenvalue weighted by Gasteiger charge is 2.19. The molecule has 1 aromatic carbocycles. The van der Waals surface area contributed by atoms with Crippen molar-refractivity contribution in [3.05, 3.63) is 45.1 Å². The molecule has 0 aliphatic heterocycles. The molecule has 0 saturated heterocycles. The maximum absolute atomic E-state index is 12.2.